The predicted octanol–water partition coefficient (Wildman–Crippen LogP) is 4.50. The van der Waals surface area contributed by atoms with Gasteiger partial charge in [0.05, 0.1) is 31.9 Å². The molecule has 0 bridgehead atoms. The number of allylic oxidation sites excluding steroid dienone is 2. The molecule has 0 aromatic heterocycles. The first-order chi connectivity index (χ1) is 17.6. The fourth-order valence-electron chi connectivity index (χ4n) is 6.17. The number of hydrogen-bond acceptors (Lipinski definition) is 7. The Bertz CT molecular complexity index is 1400. The van der Waals surface area contributed by atoms with Gasteiger partial charge in [-0.05, 0) is 12.1 Å². The van der Waals surface area contributed by atoms with Crippen LogP contribution in [0, 0.1) is 22.2 Å². The molecule has 0 amide bonds. The highest BCUT2D eigenvalue weighted by Gasteiger charge is 2.71. The molecule has 1 spiro atoms. The van der Waals surface area contributed by atoms with Crippen LogP contribution in [0.15, 0.2) is 66.4 Å². The molecule has 3 atom stereocenters. The Kier molecular flexibility index (Phi) is 5.60. The van der Waals surface area contributed by atoms with Gasteiger partial charge in [-0.15, -0.1) is 0 Å². The van der Waals surface area contributed by atoms with E-state index in [0.717, 1.165) is 0 Å². The summed E-state index contributed by atoms with van der Waals surface area (Å²) in [5.41, 5.74) is -0.883. The van der Waals surface area contributed by atoms with Crippen molar-refractivity contribution in [2.24, 2.45) is 10.8 Å². The van der Waals surface area contributed by atoms with Crippen molar-refractivity contribution >= 4 is 17.3 Å². The molecular formula is C30H28N2O5. The Hall–Kier alpha value is -4.18. The molecule has 37 heavy (non-hydrogen) atoms. The van der Waals surface area contributed by atoms with E-state index >= 15 is 0 Å². The number of para-hydroxylation sites is 1. The second-order valence-electron chi connectivity index (χ2n) is 10.6. The number of rotatable bonds is 4. The van der Waals surface area contributed by atoms with E-state index in [9.17, 15) is 19.6 Å². The van der Waals surface area contributed by atoms with Crippen LogP contribution >= 0.6 is 0 Å². The number of hydrogen-bond donors (Lipinski definition) is 0. The third-order valence-electron chi connectivity index (χ3n) is 7.73. The van der Waals surface area contributed by atoms with Crippen LogP contribution in [-0.4, -0.2) is 48.6 Å². The maximum Gasteiger partial charge on any atom is 0.180 e. The summed E-state index contributed by atoms with van der Waals surface area (Å²) < 4.78 is 11.3. The summed E-state index contributed by atoms with van der Waals surface area (Å²) in [4.78, 5) is 44.8. The fraction of sp³-hybridized carbons (Fsp3) is 0.333. The van der Waals surface area contributed by atoms with Crippen LogP contribution < -0.4 is 9.47 Å². The van der Waals surface area contributed by atoms with Gasteiger partial charge in [-0.1, -0.05) is 63.2 Å². The first-order valence-corrected chi connectivity index (χ1v) is 12.1. The molecule has 1 fully saturated rings. The lowest BCUT2D eigenvalue weighted by Gasteiger charge is -2.34. The number of nitrogens with zero attached hydrogens (tertiary/aromatic N) is 2. The Morgan fingerprint density at radius 1 is 1.00 bits per heavy atom. The average molecular weight is 497 g/mol. The molecule has 1 saturated heterocycles. The number of benzene rings is 2. The van der Waals surface area contributed by atoms with Crippen LogP contribution in [0.3, 0.4) is 0 Å². The van der Waals surface area contributed by atoms with Gasteiger partial charge in [0, 0.05) is 34.2 Å². The van der Waals surface area contributed by atoms with Crippen LogP contribution in [0.2, 0.25) is 0 Å². The second kappa shape index (κ2) is 8.45. The summed E-state index contributed by atoms with van der Waals surface area (Å²) in [6.07, 6.45) is 4.95. The lowest BCUT2D eigenvalue weighted by molar-refractivity contribution is -0.130. The normalized spacial score (nSPS) is 23.4. The van der Waals surface area contributed by atoms with E-state index < -0.39 is 28.8 Å². The zero-order valence-electron chi connectivity index (χ0n) is 21.4. The molecule has 7 nitrogen and oxygen atoms in total. The van der Waals surface area contributed by atoms with Gasteiger partial charge in [-0.2, -0.15) is 5.26 Å². The van der Waals surface area contributed by atoms with E-state index in [2.05, 4.69) is 6.07 Å². The standard InChI is InChI=1S/C30H28N2O5/c1-29(2,3)28(35)24-23(20-11-8-12-21(36-4)25(20)37-5)30(22-14-13-17(15-31)16-32(22)24)26(33)18-9-6-7-10-19(18)27(30)34/h6-14,16,22-24H,1-5H3/t22-,23+,24+/m1/s1. The molecule has 0 saturated carbocycles. The van der Waals surface area contributed by atoms with Crippen molar-refractivity contribution in [1.29, 1.82) is 5.26 Å². The SMILES string of the molecule is COc1cccc([C@H]2[C@@H](C(=O)C(C)(C)C)N3C=C(C#N)C=C[C@@H]3C23C(=O)c2ccccc2C3=O)c1OC. The van der Waals surface area contributed by atoms with Gasteiger partial charge in [0.25, 0.3) is 0 Å². The number of methoxy groups -OCH3 is 2. The molecule has 188 valence electrons. The largest absolute Gasteiger partial charge is 0.493 e. The Morgan fingerprint density at radius 3 is 2.19 bits per heavy atom. The molecule has 2 aromatic carbocycles. The molecule has 7 heteroatoms. The minimum absolute atomic E-state index is 0.148. The number of ether oxygens (including phenoxy) is 2. The number of Topliss-reactive ketones (excluding diaryl/α,β-unsaturated/α-hetero) is 3. The fourth-order valence-corrected chi connectivity index (χ4v) is 6.17. The molecule has 0 unspecified atom stereocenters. The van der Waals surface area contributed by atoms with E-state index in [4.69, 9.17) is 9.47 Å². The van der Waals surface area contributed by atoms with Gasteiger partial charge in [-0.25, -0.2) is 0 Å². The molecule has 0 N–H and O–H groups in total. The van der Waals surface area contributed by atoms with Crippen LogP contribution in [0.25, 0.3) is 0 Å². The highest BCUT2D eigenvalue weighted by atomic mass is 16.5. The quantitative estimate of drug-likeness (QED) is 0.575. The number of carbonyl (C=O) groups is 3. The highest BCUT2D eigenvalue weighted by Crippen LogP contribution is 2.61. The van der Waals surface area contributed by atoms with Crippen LogP contribution in [0.5, 0.6) is 11.5 Å². The Balaban J connectivity index is 1.89. The number of carbonyl (C=O) groups excluding carboxylic acids is 3. The summed E-state index contributed by atoms with van der Waals surface area (Å²) in [5.74, 6) is -0.918. The Labute approximate surface area is 216 Å². The molecule has 1 aliphatic carbocycles. The van der Waals surface area contributed by atoms with Gasteiger partial charge in [-0.3, -0.25) is 14.4 Å². The summed E-state index contributed by atoms with van der Waals surface area (Å²) >= 11 is 0. The molecule has 0 radical (unpaired) electrons. The van der Waals surface area contributed by atoms with E-state index in [1.807, 2.05) is 20.8 Å². The van der Waals surface area contributed by atoms with Crippen LogP contribution in [-0.2, 0) is 4.79 Å². The maximum atomic E-state index is 14.4. The third kappa shape index (κ3) is 3.21. The van der Waals surface area contributed by atoms with Gasteiger partial charge < -0.3 is 14.4 Å². The van der Waals surface area contributed by atoms with E-state index in [0.29, 0.717) is 33.8 Å². The van der Waals surface area contributed by atoms with Gasteiger partial charge >= 0.3 is 0 Å². The molecular weight excluding hydrogens is 468 g/mol. The zero-order valence-corrected chi connectivity index (χ0v) is 21.4. The number of fused-ring (bicyclic) bond motifs is 3. The topological polar surface area (TPSA) is 96.7 Å². The monoisotopic (exact) mass is 496 g/mol. The van der Waals surface area contributed by atoms with Crippen molar-refractivity contribution in [3.05, 3.63) is 83.1 Å². The summed E-state index contributed by atoms with van der Waals surface area (Å²) in [6.45, 7) is 5.45. The lowest BCUT2D eigenvalue weighted by Crippen LogP contribution is -2.47. The molecule has 2 aliphatic heterocycles. The van der Waals surface area contributed by atoms with Crippen molar-refractivity contribution in [3.8, 4) is 17.6 Å². The van der Waals surface area contributed by atoms with Gasteiger partial charge in [0.2, 0.25) is 0 Å². The number of nitriles is 1. The van der Waals surface area contributed by atoms with E-state index in [1.54, 1.807) is 65.7 Å². The molecule has 2 heterocycles. The minimum Gasteiger partial charge on any atom is -0.493 e. The van der Waals surface area contributed by atoms with Crippen molar-refractivity contribution in [2.45, 2.75) is 38.8 Å². The average Bonchev–Trinajstić information content (AvgIpc) is 3.32. The van der Waals surface area contributed by atoms with E-state index in [-0.39, 0.29) is 17.3 Å². The van der Waals surface area contributed by atoms with Gasteiger partial charge in [0.15, 0.2) is 28.8 Å². The van der Waals surface area contributed by atoms with Gasteiger partial charge in [0.1, 0.15) is 11.5 Å². The Morgan fingerprint density at radius 2 is 1.65 bits per heavy atom. The molecule has 5 rings (SSSR count). The third-order valence-corrected chi connectivity index (χ3v) is 7.73. The predicted molar refractivity (Wildman–Crippen MR) is 137 cm³/mol. The lowest BCUT2D eigenvalue weighted by atomic mass is 9.63. The first-order valence-electron chi connectivity index (χ1n) is 12.1. The summed E-state index contributed by atoms with van der Waals surface area (Å²) in [7, 11) is 3.01. The zero-order chi connectivity index (χ0) is 26.7. The smallest absolute Gasteiger partial charge is 0.180 e. The molecule has 3 aliphatic rings. The van der Waals surface area contributed by atoms with Crippen molar-refractivity contribution in [1.82, 2.24) is 4.90 Å². The first kappa shape index (κ1) is 24.5. The molecule has 2 aromatic rings. The summed E-state index contributed by atoms with van der Waals surface area (Å²) in [5, 5.41) is 9.68. The number of ketones is 3. The van der Waals surface area contributed by atoms with Crippen LogP contribution in [0.1, 0.15) is 53.0 Å². The van der Waals surface area contributed by atoms with Crippen LogP contribution in [0.4, 0.5) is 0 Å². The van der Waals surface area contributed by atoms with Crippen molar-refractivity contribution < 1.29 is 23.9 Å². The highest BCUT2D eigenvalue weighted by molar-refractivity contribution is 6.31. The second-order valence-corrected chi connectivity index (χ2v) is 10.6. The van der Waals surface area contributed by atoms with E-state index in [1.165, 1.54) is 14.2 Å². The maximum absolute atomic E-state index is 14.4. The van der Waals surface area contributed by atoms with Crippen molar-refractivity contribution in [3.63, 3.8) is 0 Å². The minimum atomic E-state index is -1.64. The summed E-state index contributed by atoms with van der Waals surface area (Å²) in [6, 6.07) is 12.5. The van der Waals surface area contributed by atoms with Crippen molar-refractivity contribution in [2.75, 3.05) is 14.2 Å².